The van der Waals surface area contributed by atoms with E-state index in [0.717, 1.165) is 0 Å². The maximum atomic E-state index is 10.3. The van der Waals surface area contributed by atoms with Crippen LogP contribution < -0.4 is 0 Å². The summed E-state index contributed by atoms with van der Waals surface area (Å²) in [5.74, 6) is -0.840. The van der Waals surface area contributed by atoms with E-state index in [1.807, 2.05) is 0 Å². The summed E-state index contributed by atoms with van der Waals surface area (Å²) in [7, 11) is 0. The van der Waals surface area contributed by atoms with Crippen LogP contribution in [0.1, 0.15) is 19.3 Å². The van der Waals surface area contributed by atoms with Gasteiger partial charge in [-0.25, -0.2) is 4.79 Å². The first-order chi connectivity index (χ1) is 4.70. The lowest BCUT2D eigenvalue weighted by Gasteiger charge is -2.08. The Morgan fingerprint density at radius 3 is 2.70 bits per heavy atom. The average molecular weight is 139 g/mol. The lowest BCUT2D eigenvalue weighted by atomic mass is 9.98. The molecule has 0 aliphatic heterocycles. The summed E-state index contributed by atoms with van der Waals surface area (Å²) in [5.41, 5.74) is 1.08. The number of aliphatic carboxylic acids is 1. The minimum absolute atomic E-state index is 0.455. The number of carbonyl (C=O) groups is 1. The van der Waals surface area contributed by atoms with Crippen LogP contribution in [-0.4, -0.2) is 16.8 Å². The highest BCUT2D eigenvalue weighted by atomic mass is 16.4. The van der Waals surface area contributed by atoms with Crippen LogP contribution >= 0.6 is 0 Å². The van der Waals surface area contributed by atoms with Gasteiger partial charge in [-0.15, -0.1) is 0 Å². The van der Waals surface area contributed by atoms with Crippen LogP contribution in [0.2, 0.25) is 0 Å². The second-order valence-electron chi connectivity index (χ2n) is 2.34. The maximum absolute atomic E-state index is 10.3. The molecule has 1 aliphatic carbocycles. The van der Waals surface area contributed by atoms with Gasteiger partial charge in [0.25, 0.3) is 0 Å². The number of nitrogens with one attached hydrogen (secondary N) is 1. The monoisotopic (exact) mass is 139 g/mol. The van der Waals surface area contributed by atoms with Crippen molar-refractivity contribution in [2.45, 2.75) is 19.3 Å². The third kappa shape index (κ3) is 1.43. The maximum Gasteiger partial charge on any atom is 0.331 e. The molecule has 3 nitrogen and oxygen atoms in total. The predicted molar refractivity (Wildman–Crippen MR) is 37.3 cm³/mol. The first-order valence-electron chi connectivity index (χ1n) is 3.19. The number of hydrogen-bond donors (Lipinski definition) is 2. The Kier molecular flexibility index (Phi) is 1.85. The second kappa shape index (κ2) is 2.64. The molecule has 0 saturated heterocycles. The summed E-state index contributed by atoms with van der Waals surface area (Å²) in [6.07, 6.45) is 3.27. The van der Waals surface area contributed by atoms with Crippen LogP contribution in [0.25, 0.3) is 0 Å². The fourth-order valence-electron chi connectivity index (χ4n) is 0.930. The van der Waals surface area contributed by atoms with E-state index in [1.165, 1.54) is 0 Å². The van der Waals surface area contributed by atoms with E-state index in [0.29, 0.717) is 30.5 Å². The summed E-state index contributed by atoms with van der Waals surface area (Å²) < 4.78 is 0. The first kappa shape index (κ1) is 6.99. The fourth-order valence-corrected chi connectivity index (χ4v) is 0.930. The summed E-state index contributed by atoms with van der Waals surface area (Å²) in [6.45, 7) is 0. The lowest BCUT2D eigenvalue weighted by Crippen LogP contribution is -2.09. The number of carboxylic acids is 1. The Bertz CT molecular complexity index is 206. The minimum Gasteiger partial charge on any atom is -0.478 e. The van der Waals surface area contributed by atoms with Crippen molar-refractivity contribution in [3.8, 4) is 0 Å². The quantitative estimate of drug-likeness (QED) is 0.573. The molecule has 0 atom stereocenters. The van der Waals surface area contributed by atoms with Gasteiger partial charge in [-0.1, -0.05) is 6.08 Å². The van der Waals surface area contributed by atoms with Gasteiger partial charge in [0.2, 0.25) is 0 Å². The van der Waals surface area contributed by atoms with Gasteiger partial charge in [0, 0.05) is 17.7 Å². The zero-order valence-electron chi connectivity index (χ0n) is 5.55. The van der Waals surface area contributed by atoms with Gasteiger partial charge in [0.05, 0.1) is 0 Å². The largest absolute Gasteiger partial charge is 0.478 e. The SMILES string of the molecule is N=C1CC=C(C(=O)O)CC1. The molecule has 0 aromatic carbocycles. The summed E-state index contributed by atoms with van der Waals surface area (Å²) in [5, 5.41) is 15.7. The predicted octanol–water partition coefficient (Wildman–Crippen LogP) is 1.20. The van der Waals surface area contributed by atoms with E-state index in [9.17, 15) is 4.79 Å². The molecule has 1 rings (SSSR count). The van der Waals surface area contributed by atoms with Crippen molar-refractivity contribution in [1.82, 2.24) is 0 Å². The standard InChI is InChI=1S/C7H9NO2/c8-6-3-1-5(2-4-6)7(9)10/h1,8H,2-4H2,(H,9,10). The molecular formula is C7H9NO2. The molecule has 0 saturated carbocycles. The van der Waals surface area contributed by atoms with E-state index in [1.54, 1.807) is 6.08 Å². The zero-order chi connectivity index (χ0) is 7.56. The zero-order valence-corrected chi connectivity index (χ0v) is 5.55. The van der Waals surface area contributed by atoms with Crippen molar-refractivity contribution in [3.63, 3.8) is 0 Å². The van der Waals surface area contributed by atoms with Crippen molar-refractivity contribution in [2.24, 2.45) is 0 Å². The van der Waals surface area contributed by atoms with Gasteiger partial charge >= 0.3 is 5.97 Å². The second-order valence-corrected chi connectivity index (χ2v) is 2.34. The topological polar surface area (TPSA) is 61.2 Å². The number of rotatable bonds is 1. The molecule has 0 spiro atoms. The van der Waals surface area contributed by atoms with Gasteiger partial charge < -0.3 is 10.5 Å². The van der Waals surface area contributed by atoms with E-state index in [4.69, 9.17) is 10.5 Å². The molecule has 0 aromatic heterocycles. The van der Waals surface area contributed by atoms with Gasteiger partial charge in [-0.05, 0) is 12.8 Å². The normalized spacial score (nSPS) is 18.4. The lowest BCUT2D eigenvalue weighted by molar-refractivity contribution is -0.132. The summed E-state index contributed by atoms with van der Waals surface area (Å²) in [6, 6.07) is 0. The van der Waals surface area contributed by atoms with Crippen LogP contribution in [0.5, 0.6) is 0 Å². The molecule has 0 radical (unpaired) electrons. The number of carboxylic acid groups (broad SMARTS) is 1. The van der Waals surface area contributed by atoms with Gasteiger partial charge in [-0.3, -0.25) is 0 Å². The Labute approximate surface area is 58.9 Å². The molecule has 0 amide bonds. The highest BCUT2D eigenvalue weighted by Gasteiger charge is 2.12. The van der Waals surface area contributed by atoms with E-state index in [-0.39, 0.29) is 0 Å². The average Bonchev–Trinajstić information content (AvgIpc) is 1.88. The molecule has 10 heavy (non-hydrogen) atoms. The Balaban J connectivity index is 2.65. The Morgan fingerprint density at radius 1 is 1.60 bits per heavy atom. The molecule has 54 valence electrons. The summed E-state index contributed by atoms with van der Waals surface area (Å²) in [4.78, 5) is 10.3. The van der Waals surface area contributed by atoms with Crippen molar-refractivity contribution in [2.75, 3.05) is 0 Å². The van der Waals surface area contributed by atoms with Crippen molar-refractivity contribution in [1.29, 1.82) is 5.41 Å². The fraction of sp³-hybridized carbons (Fsp3) is 0.429. The third-order valence-electron chi connectivity index (χ3n) is 1.57. The van der Waals surface area contributed by atoms with Gasteiger partial charge in [0.1, 0.15) is 0 Å². The highest BCUT2D eigenvalue weighted by Crippen LogP contribution is 2.14. The molecule has 2 N–H and O–H groups in total. The van der Waals surface area contributed by atoms with Crippen LogP contribution in [0.15, 0.2) is 11.6 Å². The van der Waals surface area contributed by atoms with Crippen LogP contribution in [0, 0.1) is 5.41 Å². The summed E-state index contributed by atoms with van der Waals surface area (Å²) >= 11 is 0. The first-order valence-corrected chi connectivity index (χ1v) is 3.19. The van der Waals surface area contributed by atoms with Crippen LogP contribution in [0.4, 0.5) is 0 Å². The van der Waals surface area contributed by atoms with Crippen LogP contribution in [0.3, 0.4) is 0 Å². The number of allylic oxidation sites excluding steroid dienone is 1. The molecular weight excluding hydrogens is 130 g/mol. The van der Waals surface area contributed by atoms with Gasteiger partial charge in [0.15, 0.2) is 0 Å². The molecule has 3 heteroatoms. The minimum atomic E-state index is -0.840. The van der Waals surface area contributed by atoms with E-state index < -0.39 is 5.97 Å². The Morgan fingerprint density at radius 2 is 2.30 bits per heavy atom. The van der Waals surface area contributed by atoms with E-state index >= 15 is 0 Å². The molecule has 1 aliphatic rings. The molecule has 0 fully saturated rings. The number of hydrogen-bond acceptors (Lipinski definition) is 2. The van der Waals surface area contributed by atoms with E-state index in [2.05, 4.69) is 0 Å². The van der Waals surface area contributed by atoms with Crippen molar-refractivity contribution < 1.29 is 9.90 Å². The molecule has 0 unspecified atom stereocenters. The third-order valence-corrected chi connectivity index (χ3v) is 1.57. The van der Waals surface area contributed by atoms with Gasteiger partial charge in [-0.2, -0.15) is 0 Å². The molecule has 0 aromatic rings. The van der Waals surface area contributed by atoms with Crippen LogP contribution in [-0.2, 0) is 4.79 Å². The smallest absolute Gasteiger partial charge is 0.331 e. The van der Waals surface area contributed by atoms with Crippen molar-refractivity contribution in [3.05, 3.63) is 11.6 Å². The molecule has 0 bridgehead atoms. The highest BCUT2D eigenvalue weighted by molar-refractivity contribution is 5.92. The van der Waals surface area contributed by atoms with Crippen molar-refractivity contribution >= 4 is 11.7 Å². The molecule has 0 heterocycles. The Hall–Kier alpha value is -1.12.